The van der Waals surface area contributed by atoms with E-state index in [-0.39, 0.29) is 16.7 Å². The lowest BCUT2D eigenvalue weighted by molar-refractivity contribution is 0.0696. The van der Waals surface area contributed by atoms with Gasteiger partial charge < -0.3 is 14.6 Å². The molecule has 0 radical (unpaired) electrons. The van der Waals surface area contributed by atoms with Crippen molar-refractivity contribution in [2.75, 3.05) is 0 Å². The molecule has 0 unspecified atom stereocenters. The quantitative estimate of drug-likeness (QED) is 0.767. The van der Waals surface area contributed by atoms with Gasteiger partial charge in [0, 0.05) is 5.39 Å². The van der Waals surface area contributed by atoms with E-state index in [2.05, 4.69) is 0 Å². The van der Waals surface area contributed by atoms with Crippen LogP contribution in [0.1, 0.15) is 26.3 Å². The lowest BCUT2D eigenvalue weighted by atomic mass is 9.92. The number of carbonyl (C=O) groups is 2. The number of fused-ring (bicyclic) bond motifs is 1. The van der Waals surface area contributed by atoms with Crippen LogP contribution < -0.4 is 0 Å². The van der Waals surface area contributed by atoms with Crippen molar-refractivity contribution in [1.82, 2.24) is 0 Å². The summed E-state index contributed by atoms with van der Waals surface area (Å²) in [7, 11) is 0. The summed E-state index contributed by atoms with van der Waals surface area (Å²) < 4.78 is 5.27. The molecule has 3 rings (SSSR count). The molecule has 2 aromatic carbocycles. The van der Waals surface area contributed by atoms with E-state index in [4.69, 9.17) is 9.52 Å². The summed E-state index contributed by atoms with van der Waals surface area (Å²) in [6.45, 7) is 1.51. The molecule has 3 aromatic rings. The molecule has 0 amide bonds. The van der Waals surface area contributed by atoms with Crippen LogP contribution in [0.25, 0.3) is 22.1 Å². The minimum Gasteiger partial charge on any atom is -0.478 e. The standard InChI is InChI=1S/C17H12O5/c1-9-12(16(18)19)3-4-13(15(9)17(20)21)10-2-5-14-11(8-10)6-7-22-14/h2-8H,1H3,(H,18,19)(H,20,21). The smallest absolute Gasteiger partial charge is 0.336 e. The molecule has 0 aliphatic heterocycles. The van der Waals surface area contributed by atoms with Gasteiger partial charge in [0.2, 0.25) is 0 Å². The van der Waals surface area contributed by atoms with Gasteiger partial charge in [-0.05, 0) is 47.9 Å². The summed E-state index contributed by atoms with van der Waals surface area (Å²) in [6.07, 6.45) is 1.56. The fourth-order valence-corrected chi connectivity index (χ4v) is 2.59. The van der Waals surface area contributed by atoms with E-state index in [1.807, 2.05) is 6.07 Å². The number of rotatable bonds is 3. The molecule has 1 heterocycles. The Hall–Kier alpha value is -3.08. The maximum absolute atomic E-state index is 11.6. The molecule has 2 N–H and O–H groups in total. The van der Waals surface area contributed by atoms with Crippen LogP contribution in [-0.4, -0.2) is 22.2 Å². The Kier molecular flexibility index (Phi) is 3.18. The number of aromatic carboxylic acids is 2. The van der Waals surface area contributed by atoms with Crippen molar-refractivity contribution in [3.8, 4) is 11.1 Å². The van der Waals surface area contributed by atoms with Gasteiger partial charge in [0.05, 0.1) is 17.4 Å². The molecular formula is C17H12O5. The molecule has 0 saturated carbocycles. The van der Waals surface area contributed by atoms with Crippen molar-refractivity contribution in [1.29, 1.82) is 0 Å². The van der Waals surface area contributed by atoms with Crippen LogP contribution in [0.15, 0.2) is 47.1 Å². The molecule has 0 saturated heterocycles. The first-order chi connectivity index (χ1) is 10.5. The third-order valence-corrected chi connectivity index (χ3v) is 3.67. The highest BCUT2D eigenvalue weighted by Gasteiger charge is 2.20. The van der Waals surface area contributed by atoms with Crippen LogP contribution in [0, 0.1) is 6.92 Å². The van der Waals surface area contributed by atoms with E-state index < -0.39 is 11.9 Å². The average Bonchev–Trinajstić information content (AvgIpc) is 2.93. The number of hydrogen-bond donors (Lipinski definition) is 2. The van der Waals surface area contributed by atoms with Gasteiger partial charge >= 0.3 is 11.9 Å². The maximum atomic E-state index is 11.6. The fourth-order valence-electron chi connectivity index (χ4n) is 2.59. The molecule has 0 bridgehead atoms. The van der Waals surface area contributed by atoms with Crippen molar-refractivity contribution in [2.45, 2.75) is 6.92 Å². The zero-order valence-corrected chi connectivity index (χ0v) is 11.7. The van der Waals surface area contributed by atoms with E-state index in [0.29, 0.717) is 16.7 Å². The van der Waals surface area contributed by atoms with Gasteiger partial charge in [0.1, 0.15) is 5.58 Å². The monoisotopic (exact) mass is 296 g/mol. The molecule has 5 nitrogen and oxygen atoms in total. The van der Waals surface area contributed by atoms with E-state index in [0.717, 1.165) is 5.39 Å². The molecule has 0 fully saturated rings. The first kappa shape index (κ1) is 13.9. The minimum atomic E-state index is -1.15. The van der Waals surface area contributed by atoms with Crippen molar-refractivity contribution in [3.05, 3.63) is 59.4 Å². The highest BCUT2D eigenvalue weighted by molar-refractivity contribution is 6.02. The molecule has 0 spiro atoms. The third kappa shape index (κ3) is 2.13. The van der Waals surface area contributed by atoms with E-state index in [1.165, 1.54) is 19.1 Å². The van der Waals surface area contributed by atoms with E-state index in [9.17, 15) is 14.7 Å². The number of hydrogen-bond acceptors (Lipinski definition) is 3. The Morgan fingerprint density at radius 3 is 2.45 bits per heavy atom. The van der Waals surface area contributed by atoms with Crippen molar-refractivity contribution >= 4 is 22.9 Å². The SMILES string of the molecule is Cc1c(C(=O)O)ccc(-c2ccc3occc3c2)c1C(=O)O. The molecular weight excluding hydrogens is 284 g/mol. The zero-order chi connectivity index (χ0) is 15.9. The normalized spacial score (nSPS) is 10.8. The lowest BCUT2D eigenvalue weighted by Crippen LogP contribution is -2.09. The fraction of sp³-hybridized carbons (Fsp3) is 0.0588. The van der Waals surface area contributed by atoms with Gasteiger partial charge in [0.15, 0.2) is 0 Å². The Bertz CT molecular complexity index is 905. The van der Waals surface area contributed by atoms with Crippen molar-refractivity contribution in [2.24, 2.45) is 0 Å². The van der Waals surface area contributed by atoms with Crippen LogP contribution in [0.4, 0.5) is 0 Å². The first-order valence-electron chi connectivity index (χ1n) is 6.57. The highest BCUT2D eigenvalue weighted by Crippen LogP contribution is 2.31. The predicted octanol–water partition coefficient (Wildman–Crippen LogP) is 3.80. The predicted molar refractivity (Wildman–Crippen MR) is 80.3 cm³/mol. The summed E-state index contributed by atoms with van der Waals surface area (Å²) in [6, 6.07) is 10.1. The zero-order valence-electron chi connectivity index (χ0n) is 11.7. The summed E-state index contributed by atoms with van der Waals surface area (Å²) in [4.78, 5) is 22.8. The number of carboxylic acid groups (broad SMARTS) is 2. The van der Waals surface area contributed by atoms with Crippen LogP contribution in [-0.2, 0) is 0 Å². The van der Waals surface area contributed by atoms with E-state index >= 15 is 0 Å². The molecule has 1 aromatic heterocycles. The summed E-state index contributed by atoms with van der Waals surface area (Å²) >= 11 is 0. The van der Waals surface area contributed by atoms with Crippen molar-refractivity contribution < 1.29 is 24.2 Å². The maximum Gasteiger partial charge on any atom is 0.336 e. The second kappa shape index (κ2) is 5.04. The topological polar surface area (TPSA) is 87.7 Å². The molecule has 5 heteroatoms. The van der Waals surface area contributed by atoms with Gasteiger partial charge in [0.25, 0.3) is 0 Å². The number of furan rings is 1. The van der Waals surface area contributed by atoms with Gasteiger partial charge in [-0.25, -0.2) is 9.59 Å². The largest absolute Gasteiger partial charge is 0.478 e. The highest BCUT2D eigenvalue weighted by atomic mass is 16.4. The molecule has 0 aliphatic carbocycles. The van der Waals surface area contributed by atoms with Crippen LogP contribution in [0.5, 0.6) is 0 Å². The Morgan fingerprint density at radius 2 is 1.77 bits per heavy atom. The van der Waals surface area contributed by atoms with Crippen LogP contribution in [0.3, 0.4) is 0 Å². The lowest BCUT2D eigenvalue weighted by Gasteiger charge is -2.12. The Labute approximate surface area is 125 Å². The average molecular weight is 296 g/mol. The Balaban J connectivity index is 2.27. The first-order valence-corrected chi connectivity index (χ1v) is 6.57. The van der Waals surface area contributed by atoms with Crippen LogP contribution in [0.2, 0.25) is 0 Å². The van der Waals surface area contributed by atoms with Gasteiger partial charge in [-0.1, -0.05) is 12.1 Å². The molecule has 0 aliphatic rings. The molecule has 22 heavy (non-hydrogen) atoms. The second-order valence-electron chi connectivity index (χ2n) is 4.94. The molecule has 110 valence electrons. The summed E-state index contributed by atoms with van der Waals surface area (Å²) in [5, 5.41) is 19.5. The van der Waals surface area contributed by atoms with Gasteiger partial charge in [-0.15, -0.1) is 0 Å². The van der Waals surface area contributed by atoms with E-state index in [1.54, 1.807) is 24.5 Å². The van der Waals surface area contributed by atoms with Crippen molar-refractivity contribution in [3.63, 3.8) is 0 Å². The summed E-state index contributed by atoms with van der Waals surface area (Å²) in [5.74, 6) is -2.29. The number of benzene rings is 2. The molecule has 0 atom stereocenters. The summed E-state index contributed by atoms with van der Waals surface area (Å²) in [5.41, 5.74) is 2.13. The Morgan fingerprint density at radius 1 is 1.00 bits per heavy atom. The third-order valence-electron chi connectivity index (χ3n) is 3.67. The second-order valence-corrected chi connectivity index (χ2v) is 4.94. The number of carboxylic acids is 2. The van der Waals surface area contributed by atoms with Crippen LogP contribution >= 0.6 is 0 Å². The van der Waals surface area contributed by atoms with Gasteiger partial charge in [-0.2, -0.15) is 0 Å². The minimum absolute atomic E-state index is 0.00254. The van der Waals surface area contributed by atoms with Gasteiger partial charge in [-0.3, -0.25) is 0 Å².